The van der Waals surface area contributed by atoms with Crippen molar-refractivity contribution in [3.63, 3.8) is 0 Å². The fraction of sp³-hybridized carbons (Fsp3) is 0.469. The molecule has 1 heterocycles. The molecular weight excluding hydrogens is 552 g/mol. The molecule has 0 saturated heterocycles. The molecule has 0 fully saturated rings. The summed E-state index contributed by atoms with van der Waals surface area (Å²) in [5, 5.41) is 17.8. The zero-order chi connectivity index (χ0) is 31.9. The minimum atomic E-state index is -1.83. The Labute approximate surface area is 251 Å². The highest BCUT2D eigenvalue weighted by molar-refractivity contribution is 6.12. The number of amides is 2. The third-order valence-electron chi connectivity index (χ3n) is 7.16. The van der Waals surface area contributed by atoms with Gasteiger partial charge in [0, 0.05) is 12.7 Å². The molecule has 2 atom stereocenters. The van der Waals surface area contributed by atoms with Gasteiger partial charge in [0.15, 0.2) is 11.0 Å². The molecule has 11 heteroatoms. The van der Waals surface area contributed by atoms with Crippen molar-refractivity contribution >= 4 is 46.6 Å². The average molecular weight is 595 g/mol. The molecule has 1 unspecified atom stereocenters. The maximum atomic E-state index is 14.2. The Hall–Kier alpha value is -4.41. The van der Waals surface area contributed by atoms with Crippen LogP contribution in [0.3, 0.4) is 0 Å². The zero-order valence-electron chi connectivity index (χ0n) is 25.8. The second-order valence-corrected chi connectivity index (χ2v) is 11.8. The van der Waals surface area contributed by atoms with Crippen LogP contribution in [-0.4, -0.2) is 53.0 Å². The van der Waals surface area contributed by atoms with Crippen molar-refractivity contribution in [3.05, 3.63) is 54.1 Å². The molecule has 2 aromatic carbocycles. The van der Waals surface area contributed by atoms with Gasteiger partial charge in [-0.05, 0) is 54.0 Å². The Kier molecular flexibility index (Phi) is 10.9. The maximum Gasteiger partial charge on any atom is 0.329 e. The predicted octanol–water partition coefficient (Wildman–Crippen LogP) is 4.78. The van der Waals surface area contributed by atoms with Crippen LogP contribution in [0.1, 0.15) is 59.9 Å². The molecule has 43 heavy (non-hydrogen) atoms. The summed E-state index contributed by atoms with van der Waals surface area (Å²) in [6.07, 6.45) is -1.15. The van der Waals surface area contributed by atoms with Crippen LogP contribution in [0.2, 0.25) is 0 Å². The molecule has 4 N–H and O–H groups in total. The smallest absolute Gasteiger partial charge is 0.329 e. The van der Waals surface area contributed by atoms with Crippen LogP contribution < -0.4 is 16.0 Å². The fourth-order valence-electron chi connectivity index (χ4n) is 5.29. The number of ether oxygens (including phenoxy) is 1. The number of hydrogen-bond acceptors (Lipinski definition) is 8. The van der Waals surface area contributed by atoms with Crippen molar-refractivity contribution in [1.82, 2.24) is 15.6 Å². The van der Waals surface area contributed by atoms with Gasteiger partial charge in [0.25, 0.3) is 6.01 Å². The number of aromatic nitrogens is 1. The van der Waals surface area contributed by atoms with E-state index in [1.54, 1.807) is 18.2 Å². The number of carbonyl (C=O) groups excluding carboxylic acids is 3. The number of likely N-dealkylation sites (N-methyl/N-ethyl adjacent to an activating group) is 1. The van der Waals surface area contributed by atoms with E-state index in [1.165, 1.54) is 7.05 Å². The molecule has 3 aromatic rings. The second-order valence-electron chi connectivity index (χ2n) is 11.8. The standard InChI is InChI=1S/C32H42N4O7/c1-18(2)17-32(29(40)33-7,30(41)35-24(16-26(37)38)28(39)43-27(19(3)4)20(5)6)21-13-14-23-25(15-21)42-31(36-23)34-22-11-9-8-10-12-22/h8-15,18-20,24,27H,16-17H2,1-7H3,(H,33,40)(H,34,36)(H,35,41)(H,37,38)/t24?,32-/m0/s1. The highest BCUT2D eigenvalue weighted by Crippen LogP contribution is 2.35. The summed E-state index contributed by atoms with van der Waals surface area (Å²) in [5.74, 6) is -3.85. The quantitative estimate of drug-likeness (QED) is 0.152. The number of benzene rings is 2. The number of aliphatic carboxylic acids is 1. The van der Waals surface area contributed by atoms with Gasteiger partial charge in [0.2, 0.25) is 11.8 Å². The Morgan fingerprint density at radius 2 is 1.60 bits per heavy atom. The Morgan fingerprint density at radius 3 is 2.16 bits per heavy atom. The van der Waals surface area contributed by atoms with Crippen molar-refractivity contribution in [2.45, 2.75) is 71.9 Å². The van der Waals surface area contributed by atoms with Gasteiger partial charge in [-0.2, -0.15) is 4.98 Å². The summed E-state index contributed by atoms with van der Waals surface area (Å²) in [7, 11) is 1.42. The van der Waals surface area contributed by atoms with Crippen molar-refractivity contribution in [2.24, 2.45) is 17.8 Å². The molecule has 2 amide bonds. The van der Waals surface area contributed by atoms with E-state index >= 15 is 0 Å². The largest absolute Gasteiger partial charge is 0.481 e. The first-order valence-electron chi connectivity index (χ1n) is 14.5. The van der Waals surface area contributed by atoms with E-state index in [9.17, 15) is 24.3 Å². The number of nitrogens with one attached hydrogen (secondary N) is 3. The van der Waals surface area contributed by atoms with E-state index in [2.05, 4.69) is 20.9 Å². The van der Waals surface area contributed by atoms with Gasteiger partial charge >= 0.3 is 11.9 Å². The highest BCUT2D eigenvalue weighted by Gasteiger charge is 2.49. The number of nitrogens with zero attached hydrogens (tertiary/aromatic N) is 1. The number of carboxylic acid groups (broad SMARTS) is 1. The van der Waals surface area contributed by atoms with Crippen molar-refractivity contribution in [3.8, 4) is 0 Å². The molecule has 0 aliphatic rings. The monoisotopic (exact) mass is 594 g/mol. The summed E-state index contributed by atoms with van der Waals surface area (Å²) >= 11 is 0. The van der Waals surface area contributed by atoms with Crippen LogP contribution in [-0.2, 0) is 29.3 Å². The summed E-state index contributed by atoms with van der Waals surface area (Å²) in [5.41, 5.74) is 0.0701. The molecule has 0 aliphatic heterocycles. The summed E-state index contributed by atoms with van der Waals surface area (Å²) in [6, 6.07) is 12.9. The molecule has 0 spiro atoms. The predicted molar refractivity (Wildman–Crippen MR) is 163 cm³/mol. The number of carboxylic acids is 1. The SMILES string of the molecule is CNC(=O)[C@@](CC(C)C)(C(=O)NC(CC(=O)O)C(=O)OC(C(C)C)C(C)C)c1ccc2nc(Nc3ccccc3)oc2c1. The first-order chi connectivity index (χ1) is 20.3. The topological polar surface area (TPSA) is 160 Å². The van der Waals surface area contributed by atoms with Gasteiger partial charge in [-0.1, -0.05) is 65.8 Å². The fourth-order valence-corrected chi connectivity index (χ4v) is 5.29. The first-order valence-corrected chi connectivity index (χ1v) is 14.5. The summed E-state index contributed by atoms with van der Waals surface area (Å²) in [4.78, 5) is 57.3. The Balaban J connectivity index is 2.05. The Bertz CT molecular complexity index is 1430. The van der Waals surface area contributed by atoms with Crippen LogP contribution in [0.25, 0.3) is 11.1 Å². The van der Waals surface area contributed by atoms with E-state index in [1.807, 2.05) is 71.9 Å². The van der Waals surface area contributed by atoms with E-state index in [4.69, 9.17) is 9.15 Å². The van der Waals surface area contributed by atoms with E-state index < -0.39 is 47.7 Å². The van der Waals surface area contributed by atoms with E-state index in [0.29, 0.717) is 16.7 Å². The van der Waals surface area contributed by atoms with Crippen LogP contribution in [0.5, 0.6) is 0 Å². The normalized spacial score (nSPS) is 13.7. The molecule has 232 valence electrons. The van der Waals surface area contributed by atoms with Crippen LogP contribution in [0.15, 0.2) is 52.9 Å². The van der Waals surface area contributed by atoms with Gasteiger partial charge in [-0.3, -0.25) is 14.4 Å². The number of carbonyl (C=O) groups is 4. The number of oxazole rings is 1. The van der Waals surface area contributed by atoms with Gasteiger partial charge < -0.3 is 30.2 Å². The van der Waals surface area contributed by atoms with Crippen molar-refractivity contribution in [2.75, 3.05) is 12.4 Å². The number of fused-ring (bicyclic) bond motifs is 1. The minimum absolute atomic E-state index is 0.0362. The van der Waals surface area contributed by atoms with Crippen LogP contribution >= 0.6 is 0 Å². The number of rotatable bonds is 14. The third-order valence-corrected chi connectivity index (χ3v) is 7.16. The number of para-hydroxylation sites is 1. The molecule has 1 aromatic heterocycles. The first kappa shape index (κ1) is 33.1. The molecule has 0 bridgehead atoms. The molecule has 0 radical (unpaired) electrons. The molecule has 0 saturated carbocycles. The summed E-state index contributed by atoms with van der Waals surface area (Å²) < 4.78 is 11.6. The van der Waals surface area contributed by atoms with E-state index in [0.717, 1.165) is 5.69 Å². The van der Waals surface area contributed by atoms with Crippen molar-refractivity contribution < 1.29 is 33.4 Å². The third kappa shape index (κ3) is 7.91. The van der Waals surface area contributed by atoms with Gasteiger partial charge in [-0.25, -0.2) is 4.79 Å². The maximum absolute atomic E-state index is 14.2. The summed E-state index contributed by atoms with van der Waals surface area (Å²) in [6.45, 7) is 11.3. The Morgan fingerprint density at radius 1 is 0.953 bits per heavy atom. The van der Waals surface area contributed by atoms with Gasteiger partial charge in [-0.15, -0.1) is 0 Å². The number of hydrogen-bond donors (Lipinski definition) is 4. The molecule has 3 rings (SSSR count). The lowest BCUT2D eigenvalue weighted by Gasteiger charge is -2.34. The van der Waals surface area contributed by atoms with Crippen LogP contribution in [0.4, 0.5) is 11.7 Å². The highest BCUT2D eigenvalue weighted by atomic mass is 16.5. The van der Waals surface area contributed by atoms with Crippen molar-refractivity contribution in [1.29, 1.82) is 0 Å². The second kappa shape index (κ2) is 14.2. The minimum Gasteiger partial charge on any atom is -0.481 e. The molecule has 11 nitrogen and oxygen atoms in total. The lowest BCUT2D eigenvalue weighted by atomic mass is 9.72. The van der Waals surface area contributed by atoms with Gasteiger partial charge in [0.05, 0.1) is 6.42 Å². The number of esters is 1. The average Bonchev–Trinajstić information content (AvgIpc) is 3.34. The zero-order valence-corrected chi connectivity index (χ0v) is 25.8. The lowest BCUT2D eigenvalue weighted by molar-refractivity contribution is -0.161. The lowest BCUT2D eigenvalue weighted by Crippen LogP contribution is -2.58. The molecule has 0 aliphatic carbocycles. The number of anilines is 2. The van der Waals surface area contributed by atoms with Gasteiger partial charge in [0.1, 0.15) is 17.7 Å². The molecular formula is C32H42N4O7. The van der Waals surface area contributed by atoms with Crippen LogP contribution in [0, 0.1) is 17.8 Å². The van der Waals surface area contributed by atoms with E-state index in [-0.39, 0.29) is 30.2 Å².